The van der Waals surface area contributed by atoms with Gasteiger partial charge in [0.05, 0.1) is 4.92 Å². The van der Waals surface area contributed by atoms with Gasteiger partial charge in [-0.2, -0.15) is 0 Å². The Bertz CT molecular complexity index is 335. The maximum absolute atomic E-state index is 10.7. The van der Waals surface area contributed by atoms with Crippen molar-refractivity contribution in [1.82, 2.24) is 0 Å². The van der Waals surface area contributed by atoms with Crippen LogP contribution >= 0.6 is 0 Å². The van der Waals surface area contributed by atoms with E-state index in [4.69, 9.17) is 0 Å². The summed E-state index contributed by atoms with van der Waals surface area (Å²) >= 11 is 0. The molecular weight excluding hydrogens is 180 g/mol. The van der Waals surface area contributed by atoms with Crippen molar-refractivity contribution in [3.63, 3.8) is 0 Å². The summed E-state index contributed by atoms with van der Waals surface area (Å²) in [5.74, 6) is 0. The molecule has 0 amide bonds. The fourth-order valence-corrected chi connectivity index (χ4v) is 1.16. The molecule has 0 N–H and O–H groups in total. The number of aryl methyl sites for hydroxylation is 1. The van der Waals surface area contributed by atoms with Gasteiger partial charge in [-0.1, -0.05) is 13.5 Å². The minimum absolute atomic E-state index is 0. The Hall–Kier alpha value is -1.58. The van der Waals surface area contributed by atoms with Crippen LogP contribution in [-0.2, 0) is 0 Å². The SMILES string of the molecule is C.Cc1ccc(N(C)C)c([N+](=O)[O-])c1. The van der Waals surface area contributed by atoms with Crippen LogP contribution in [0.5, 0.6) is 0 Å². The first-order chi connectivity index (χ1) is 6.02. The molecule has 0 aliphatic rings. The molecule has 0 saturated carbocycles. The molecular formula is C10H16N2O2. The molecule has 4 nitrogen and oxygen atoms in total. The normalized spacial score (nSPS) is 9.07. The first-order valence-corrected chi connectivity index (χ1v) is 3.94. The van der Waals surface area contributed by atoms with Gasteiger partial charge in [-0.3, -0.25) is 10.1 Å². The lowest BCUT2D eigenvalue weighted by molar-refractivity contribution is -0.384. The van der Waals surface area contributed by atoms with Gasteiger partial charge < -0.3 is 4.90 Å². The van der Waals surface area contributed by atoms with E-state index in [0.717, 1.165) is 5.56 Å². The molecule has 0 aromatic heterocycles. The number of benzene rings is 1. The van der Waals surface area contributed by atoms with Crippen molar-refractivity contribution in [2.24, 2.45) is 0 Å². The Balaban J connectivity index is 0.00000169. The molecule has 0 bridgehead atoms. The molecule has 14 heavy (non-hydrogen) atoms. The predicted octanol–water partition coefficient (Wildman–Crippen LogP) is 2.61. The molecule has 78 valence electrons. The van der Waals surface area contributed by atoms with Crippen LogP contribution in [0.4, 0.5) is 11.4 Å². The summed E-state index contributed by atoms with van der Waals surface area (Å²) in [6, 6.07) is 5.20. The minimum Gasteiger partial charge on any atom is -0.372 e. The van der Waals surface area contributed by atoms with Crippen LogP contribution in [0.25, 0.3) is 0 Å². The van der Waals surface area contributed by atoms with Crippen LogP contribution in [0.3, 0.4) is 0 Å². The lowest BCUT2D eigenvalue weighted by Gasteiger charge is -2.12. The predicted molar refractivity (Wildman–Crippen MR) is 58.9 cm³/mol. The van der Waals surface area contributed by atoms with Crippen LogP contribution in [0.15, 0.2) is 18.2 Å². The molecule has 0 unspecified atom stereocenters. The highest BCUT2D eigenvalue weighted by atomic mass is 16.6. The maximum atomic E-state index is 10.7. The average Bonchev–Trinajstić information content (AvgIpc) is 2.03. The van der Waals surface area contributed by atoms with Crippen molar-refractivity contribution < 1.29 is 4.92 Å². The van der Waals surface area contributed by atoms with Gasteiger partial charge in [-0.15, -0.1) is 0 Å². The third-order valence-corrected chi connectivity index (χ3v) is 1.81. The quantitative estimate of drug-likeness (QED) is 0.539. The van der Waals surface area contributed by atoms with Gasteiger partial charge in [0.2, 0.25) is 0 Å². The molecule has 0 aliphatic carbocycles. The Labute approximate surface area is 84.3 Å². The van der Waals surface area contributed by atoms with Gasteiger partial charge >= 0.3 is 0 Å². The summed E-state index contributed by atoms with van der Waals surface area (Å²) in [7, 11) is 3.58. The molecule has 0 fully saturated rings. The number of nitrogens with zero attached hydrogens (tertiary/aromatic N) is 2. The summed E-state index contributed by atoms with van der Waals surface area (Å²) in [4.78, 5) is 12.0. The van der Waals surface area contributed by atoms with Crippen LogP contribution in [0.2, 0.25) is 0 Å². The third-order valence-electron chi connectivity index (χ3n) is 1.81. The number of anilines is 1. The number of nitro benzene ring substituents is 1. The molecule has 0 radical (unpaired) electrons. The summed E-state index contributed by atoms with van der Waals surface area (Å²) in [5, 5.41) is 10.7. The second-order valence-electron chi connectivity index (χ2n) is 3.14. The molecule has 0 saturated heterocycles. The van der Waals surface area contributed by atoms with E-state index in [1.165, 1.54) is 0 Å². The average molecular weight is 196 g/mol. The van der Waals surface area contributed by atoms with Crippen LogP contribution in [0, 0.1) is 17.0 Å². The summed E-state index contributed by atoms with van der Waals surface area (Å²) < 4.78 is 0. The van der Waals surface area contributed by atoms with Crippen molar-refractivity contribution in [3.05, 3.63) is 33.9 Å². The third kappa shape index (κ3) is 2.45. The lowest BCUT2D eigenvalue weighted by atomic mass is 10.2. The standard InChI is InChI=1S/C9H12N2O2.CH4/c1-7-4-5-8(10(2)3)9(6-7)11(12)13;/h4-6H,1-3H3;1H4. The summed E-state index contributed by atoms with van der Waals surface area (Å²) in [5.41, 5.74) is 1.69. The highest BCUT2D eigenvalue weighted by Crippen LogP contribution is 2.26. The first-order valence-electron chi connectivity index (χ1n) is 3.94. The zero-order valence-corrected chi connectivity index (χ0v) is 7.94. The van der Waals surface area contributed by atoms with Crippen molar-refractivity contribution in [3.8, 4) is 0 Å². The fraction of sp³-hybridized carbons (Fsp3) is 0.400. The number of hydrogen-bond donors (Lipinski definition) is 0. The minimum atomic E-state index is -0.359. The van der Waals surface area contributed by atoms with Crippen molar-refractivity contribution in [1.29, 1.82) is 0 Å². The van der Waals surface area contributed by atoms with Crippen LogP contribution in [0.1, 0.15) is 13.0 Å². The first kappa shape index (κ1) is 12.4. The molecule has 4 heteroatoms. The summed E-state index contributed by atoms with van der Waals surface area (Å²) in [6.07, 6.45) is 0. The maximum Gasteiger partial charge on any atom is 0.292 e. The van der Waals surface area contributed by atoms with Crippen molar-refractivity contribution in [2.45, 2.75) is 14.4 Å². The number of nitro groups is 1. The Morgan fingerprint density at radius 3 is 2.36 bits per heavy atom. The highest BCUT2D eigenvalue weighted by molar-refractivity contribution is 5.63. The number of rotatable bonds is 2. The van der Waals surface area contributed by atoms with E-state index >= 15 is 0 Å². The van der Waals surface area contributed by atoms with Gasteiger partial charge in [0.1, 0.15) is 5.69 Å². The molecule has 0 aliphatic heterocycles. The van der Waals surface area contributed by atoms with Gasteiger partial charge in [-0.25, -0.2) is 0 Å². The molecule has 1 rings (SSSR count). The second kappa shape index (κ2) is 4.60. The highest BCUT2D eigenvalue weighted by Gasteiger charge is 2.14. The molecule has 0 spiro atoms. The van der Waals surface area contributed by atoms with Gasteiger partial charge in [-0.05, 0) is 18.6 Å². The van der Waals surface area contributed by atoms with Crippen LogP contribution in [-0.4, -0.2) is 19.0 Å². The van der Waals surface area contributed by atoms with E-state index in [1.807, 2.05) is 13.0 Å². The summed E-state index contributed by atoms with van der Waals surface area (Å²) in [6.45, 7) is 1.84. The monoisotopic (exact) mass is 196 g/mol. The van der Waals surface area contributed by atoms with E-state index in [2.05, 4.69) is 0 Å². The van der Waals surface area contributed by atoms with Crippen molar-refractivity contribution in [2.75, 3.05) is 19.0 Å². The molecule has 0 heterocycles. The van der Waals surface area contributed by atoms with Crippen molar-refractivity contribution >= 4 is 11.4 Å². The second-order valence-corrected chi connectivity index (χ2v) is 3.14. The Kier molecular flexibility index (Phi) is 4.08. The van der Waals surface area contributed by atoms with E-state index in [9.17, 15) is 10.1 Å². The Morgan fingerprint density at radius 2 is 1.93 bits per heavy atom. The zero-order valence-electron chi connectivity index (χ0n) is 7.94. The molecule has 1 aromatic carbocycles. The zero-order chi connectivity index (χ0) is 10.0. The van der Waals surface area contributed by atoms with Gasteiger partial charge in [0.25, 0.3) is 5.69 Å². The smallest absolute Gasteiger partial charge is 0.292 e. The molecule has 0 atom stereocenters. The van der Waals surface area contributed by atoms with Gasteiger partial charge in [0, 0.05) is 20.2 Å². The largest absolute Gasteiger partial charge is 0.372 e. The fourth-order valence-electron chi connectivity index (χ4n) is 1.16. The topological polar surface area (TPSA) is 46.4 Å². The van der Waals surface area contributed by atoms with E-state index in [0.29, 0.717) is 5.69 Å². The van der Waals surface area contributed by atoms with E-state index in [1.54, 1.807) is 31.1 Å². The van der Waals surface area contributed by atoms with E-state index < -0.39 is 0 Å². The number of hydrogen-bond acceptors (Lipinski definition) is 3. The lowest BCUT2D eigenvalue weighted by Crippen LogP contribution is -2.10. The van der Waals surface area contributed by atoms with E-state index in [-0.39, 0.29) is 18.0 Å². The molecule has 1 aromatic rings. The van der Waals surface area contributed by atoms with Gasteiger partial charge in [0.15, 0.2) is 0 Å². The Morgan fingerprint density at radius 1 is 1.36 bits per heavy atom. The van der Waals surface area contributed by atoms with Crippen LogP contribution < -0.4 is 4.90 Å².